The summed E-state index contributed by atoms with van der Waals surface area (Å²) in [7, 11) is 4.61. The summed E-state index contributed by atoms with van der Waals surface area (Å²) in [4.78, 5) is 37.1. The van der Waals surface area contributed by atoms with Crippen molar-refractivity contribution in [3.8, 4) is 6.07 Å². The lowest BCUT2D eigenvalue weighted by atomic mass is 9.87. The maximum Gasteiger partial charge on any atom is 0.308 e. The number of nitrogens with zero attached hydrogens (tertiary/aromatic N) is 2. The molecule has 4 unspecified atom stereocenters. The van der Waals surface area contributed by atoms with Gasteiger partial charge in [-0.25, -0.2) is 0 Å². The van der Waals surface area contributed by atoms with Crippen molar-refractivity contribution in [1.29, 1.82) is 5.26 Å². The summed E-state index contributed by atoms with van der Waals surface area (Å²) in [6.07, 6.45) is 0.955. The molecule has 0 aliphatic carbocycles. The van der Waals surface area contributed by atoms with E-state index in [1.807, 2.05) is 6.92 Å². The van der Waals surface area contributed by atoms with Gasteiger partial charge in [0.05, 0.1) is 19.1 Å². The van der Waals surface area contributed by atoms with Crippen molar-refractivity contribution in [2.45, 2.75) is 52.6 Å². The zero-order chi connectivity index (χ0) is 19.6. The molecule has 0 aliphatic heterocycles. The van der Waals surface area contributed by atoms with Gasteiger partial charge in [-0.05, 0) is 19.3 Å². The van der Waals surface area contributed by atoms with Crippen LogP contribution in [-0.4, -0.2) is 50.1 Å². The second kappa shape index (κ2) is 11.5. The Bertz CT molecular complexity index is 498. The Hall–Kier alpha value is -2.10. The first-order chi connectivity index (χ1) is 11.7. The molecule has 0 saturated carbocycles. The van der Waals surface area contributed by atoms with E-state index in [0.717, 1.165) is 0 Å². The normalized spacial score (nSPS) is 15.2. The third-order valence-corrected chi connectivity index (χ3v) is 4.14. The fourth-order valence-corrected chi connectivity index (χ4v) is 2.80. The molecule has 7 nitrogen and oxygen atoms in total. The number of amides is 1. The maximum atomic E-state index is 12.1. The number of methoxy groups -OCH3 is 1. The number of esters is 2. The fourth-order valence-electron chi connectivity index (χ4n) is 2.80. The minimum Gasteiger partial charge on any atom is -0.469 e. The summed E-state index contributed by atoms with van der Waals surface area (Å²) in [5.41, 5.74) is 0. The van der Waals surface area contributed by atoms with Gasteiger partial charge >= 0.3 is 11.9 Å². The molecular weight excluding hydrogens is 324 g/mol. The van der Waals surface area contributed by atoms with Gasteiger partial charge in [0.2, 0.25) is 5.91 Å². The van der Waals surface area contributed by atoms with E-state index in [0.29, 0.717) is 19.3 Å². The van der Waals surface area contributed by atoms with Gasteiger partial charge in [0.1, 0.15) is 6.10 Å². The molecule has 0 N–H and O–H groups in total. The van der Waals surface area contributed by atoms with Crippen LogP contribution in [0.1, 0.15) is 46.5 Å². The Labute approximate surface area is 150 Å². The molecule has 25 heavy (non-hydrogen) atoms. The van der Waals surface area contributed by atoms with Gasteiger partial charge in [0, 0.05) is 39.3 Å². The number of rotatable bonds is 10. The molecular formula is C18H30N2O5. The third kappa shape index (κ3) is 8.52. The third-order valence-electron chi connectivity index (χ3n) is 4.14. The number of nitriles is 1. The molecule has 0 rings (SSSR count). The van der Waals surface area contributed by atoms with Gasteiger partial charge in [-0.3, -0.25) is 14.4 Å². The number of hydrogen-bond acceptors (Lipinski definition) is 6. The van der Waals surface area contributed by atoms with E-state index in [9.17, 15) is 14.4 Å². The van der Waals surface area contributed by atoms with Crippen LogP contribution >= 0.6 is 0 Å². The highest BCUT2D eigenvalue weighted by molar-refractivity contribution is 5.79. The standard InChI is InChI=1S/C18H30N2O5/c1-7-14(11-19)9-16(25-13(3)21)10-15(18(23)24-6)8-12(2)17(22)20(4)5/h12,14-16H,7-10H2,1-6H3. The van der Waals surface area contributed by atoms with Crippen LogP contribution in [0.2, 0.25) is 0 Å². The van der Waals surface area contributed by atoms with Crippen LogP contribution in [0.5, 0.6) is 0 Å². The molecule has 0 bridgehead atoms. The quantitative estimate of drug-likeness (QED) is 0.558. The zero-order valence-corrected chi connectivity index (χ0v) is 16.1. The number of carbonyl (C=O) groups excluding carboxylic acids is 3. The molecule has 0 aromatic rings. The van der Waals surface area contributed by atoms with Crippen LogP contribution in [0.15, 0.2) is 0 Å². The first kappa shape index (κ1) is 22.9. The van der Waals surface area contributed by atoms with Gasteiger partial charge in [-0.1, -0.05) is 13.8 Å². The zero-order valence-electron chi connectivity index (χ0n) is 16.1. The van der Waals surface area contributed by atoms with Gasteiger partial charge in [0.15, 0.2) is 0 Å². The van der Waals surface area contributed by atoms with Crippen LogP contribution in [0, 0.1) is 29.1 Å². The molecule has 142 valence electrons. The van der Waals surface area contributed by atoms with Gasteiger partial charge in [-0.2, -0.15) is 5.26 Å². The van der Waals surface area contributed by atoms with Gasteiger partial charge < -0.3 is 14.4 Å². The predicted octanol–water partition coefficient (Wildman–Crippen LogP) is 2.15. The summed E-state index contributed by atoms with van der Waals surface area (Å²) in [6, 6.07) is 2.18. The highest BCUT2D eigenvalue weighted by Gasteiger charge is 2.30. The average Bonchev–Trinajstić information content (AvgIpc) is 2.56. The second-order valence-electron chi connectivity index (χ2n) is 6.53. The van der Waals surface area contributed by atoms with Crippen LogP contribution in [0.4, 0.5) is 0 Å². The first-order valence-corrected chi connectivity index (χ1v) is 8.51. The van der Waals surface area contributed by atoms with Crippen molar-refractivity contribution in [3.05, 3.63) is 0 Å². The Kier molecular flexibility index (Phi) is 10.5. The van der Waals surface area contributed by atoms with Crippen LogP contribution < -0.4 is 0 Å². The predicted molar refractivity (Wildman–Crippen MR) is 92.2 cm³/mol. The smallest absolute Gasteiger partial charge is 0.308 e. The number of hydrogen-bond donors (Lipinski definition) is 0. The molecule has 0 aliphatic rings. The Balaban J connectivity index is 5.20. The monoisotopic (exact) mass is 354 g/mol. The molecule has 4 atom stereocenters. The Morgan fingerprint density at radius 1 is 1.16 bits per heavy atom. The molecule has 0 saturated heterocycles. The van der Waals surface area contributed by atoms with Crippen LogP contribution in [-0.2, 0) is 23.9 Å². The van der Waals surface area contributed by atoms with Crippen molar-refractivity contribution in [2.75, 3.05) is 21.2 Å². The summed E-state index contributed by atoms with van der Waals surface area (Å²) in [6.45, 7) is 4.93. The highest BCUT2D eigenvalue weighted by atomic mass is 16.5. The molecule has 0 aromatic heterocycles. The van der Waals surface area contributed by atoms with Crippen molar-refractivity contribution in [2.24, 2.45) is 17.8 Å². The molecule has 0 spiro atoms. The SMILES string of the molecule is CCC(C#N)CC(CC(CC(C)C(=O)N(C)C)C(=O)OC)OC(C)=O. The molecule has 0 radical (unpaired) electrons. The Morgan fingerprint density at radius 3 is 2.16 bits per heavy atom. The average molecular weight is 354 g/mol. The number of ether oxygens (including phenoxy) is 2. The maximum absolute atomic E-state index is 12.1. The van der Waals surface area contributed by atoms with Gasteiger partial charge in [0.25, 0.3) is 0 Å². The minimum absolute atomic E-state index is 0.0820. The van der Waals surface area contributed by atoms with E-state index in [2.05, 4.69) is 6.07 Å². The van der Waals surface area contributed by atoms with E-state index < -0.39 is 24.0 Å². The Morgan fingerprint density at radius 2 is 1.76 bits per heavy atom. The van der Waals surface area contributed by atoms with E-state index in [1.54, 1.807) is 21.0 Å². The van der Waals surface area contributed by atoms with E-state index in [-0.39, 0.29) is 24.2 Å². The minimum atomic E-state index is -0.579. The van der Waals surface area contributed by atoms with Crippen LogP contribution in [0.3, 0.4) is 0 Å². The topological polar surface area (TPSA) is 96.7 Å². The van der Waals surface area contributed by atoms with E-state index >= 15 is 0 Å². The lowest BCUT2D eigenvalue weighted by Crippen LogP contribution is -2.33. The summed E-state index contributed by atoms with van der Waals surface area (Å²) in [5.74, 6) is -2.19. The summed E-state index contributed by atoms with van der Waals surface area (Å²) < 4.78 is 10.2. The van der Waals surface area contributed by atoms with Crippen molar-refractivity contribution >= 4 is 17.8 Å². The molecule has 0 aromatic carbocycles. The van der Waals surface area contributed by atoms with E-state index in [4.69, 9.17) is 14.7 Å². The molecule has 0 heterocycles. The second-order valence-corrected chi connectivity index (χ2v) is 6.53. The fraction of sp³-hybridized carbons (Fsp3) is 0.778. The molecule has 7 heteroatoms. The molecule has 0 fully saturated rings. The van der Waals surface area contributed by atoms with Gasteiger partial charge in [-0.15, -0.1) is 0 Å². The van der Waals surface area contributed by atoms with Crippen molar-refractivity contribution in [3.63, 3.8) is 0 Å². The summed E-state index contributed by atoms with van der Waals surface area (Å²) >= 11 is 0. The lowest BCUT2D eigenvalue weighted by Gasteiger charge is -2.25. The summed E-state index contributed by atoms with van der Waals surface area (Å²) in [5, 5.41) is 9.15. The first-order valence-electron chi connectivity index (χ1n) is 8.51. The van der Waals surface area contributed by atoms with Crippen LogP contribution in [0.25, 0.3) is 0 Å². The number of carbonyl (C=O) groups is 3. The largest absolute Gasteiger partial charge is 0.469 e. The molecule has 1 amide bonds. The lowest BCUT2D eigenvalue weighted by molar-refractivity contribution is -0.154. The highest BCUT2D eigenvalue weighted by Crippen LogP contribution is 2.25. The van der Waals surface area contributed by atoms with Crippen molar-refractivity contribution < 1.29 is 23.9 Å². The van der Waals surface area contributed by atoms with E-state index in [1.165, 1.54) is 18.9 Å². The van der Waals surface area contributed by atoms with Crippen molar-refractivity contribution in [1.82, 2.24) is 4.90 Å².